The highest BCUT2D eigenvalue weighted by molar-refractivity contribution is 8.00. The van der Waals surface area contributed by atoms with E-state index in [4.69, 9.17) is 0 Å². The van der Waals surface area contributed by atoms with Gasteiger partial charge in [0.05, 0.1) is 17.1 Å². The summed E-state index contributed by atoms with van der Waals surface area (Å²) in [6.07, 6.45) is 5.78. The Morgan fingerprint density at radius 2 is 1.92 bits per heavy atom. The first-order valence-corrected chi connectivity index (χ1v) is 9.37. The molecule has 0 unspecified atom stereocenters. The average molecular weight is 345 g/mol. The Morgan fingerprint density at radius 3 is 2.62 bits per heavy atom. The lowest BCUT2D eigenvalue weighted by molar-refractivity contribution is -0.113. The average Bonchev–Trinajstić information content (AvgIpc) is 2.84. The third-order valence-corrected chi connectivity index (χ3v) is 6.56. The number of hydrogen-bond donors (Lipinski definition) is 1. The van der Waals surface area contributed by atoms with Gasteiger partial charge in [-0.15, -0.1) is 11.8 Å². The molecular weight excluding hydrogens is 325 g/mol. The minimum Gasteiger partial charge on any atom is -0.310 e. The van der Waals surface area contributed by atoms with Crippen molar-refractivity contribution in [1.82, 2.24) is 9.78 Å². The summed E-state index contributed by atoms with van der Waals surface area (Å²) in [7, 11) is 0. The van der Waals surface area contributed by atoms with E-state index in [0.717, 1.165) is 35.6 Å². The molecule has 6 heteroatoms. The van der Waals surface area contributed by atoms with Crippen molar-refractivity contribution in [2.75, 3.05) is 11.1 Å². The molecule has 1 aliphatic heterocycles. The number of nitrogens with zero attached hydrogens (tertiary/aromatic N) is 2. The summed E-state index contributed by atoms with van der Waals surface area (Å²) in [5.74, 6) is 0.956. The van der Waals surface area contributed by atoms with Crippen molar-refractivity contribution in [2.24, 2.45) is 0 Å². The molecule has 0 bridgehead atoms. The zero-order valence-corrected chi connectivity index (χ0v) is 14.5. The van der Waals surface area contributed by atoms with Crippen molar-refractivity contribution in [3.8, 4) is 5.69 Å². The molecule has 0 atom stereocenters. The van der Waals surface area contributed by atoms with Crippen LogP contribution in [0.4, 0.5) is 10.2 Å². The van der Waals surface area contributed by atoms with Crippen molar-refractivity contribution in [1.29, 1.82) is 0 Å². The first kappa shape index (κ1) is 15.7. The van der Waals surface area contributed by atoms with E-state index in [2.05, 4.69) is 10.4 Å². The molecule has 1 N–H and O–H groups in total. The first-order valence-electron chi connectivity index (χ1n) is 8.39. The van der Waals surface area contributed by atoms with Gasteiger partial charge in [-0.1, -0.05) is 19.3 Å². The van der Waals surface area contributed by atoms with E-state index in [0.29, 0.717) is 5.75 Å². The molecule has 2 aliphatic rings. The van der Waals surface area contributed by atoms with Gasteiger partial charge in [0, 0.05) is 10.3 Å². The topological polar surface area (TPSA) is 46.9 Å². The predicted molar refractivity (Wildman–Crippen MR) is 94.1 cm³/mol. The Morgan fingerprint density at radius 1 is 1.21 bits per heavy atom. The zero-order valence-electron chi connectivity index (χ0n) is 13.6. The fraction of sp³-hybridized carbons (Fsp3) is 0.444. The molecule has 2 aromatic rings. The molecule has 4 rings (SSSR count). The summed E-state index contributed by atoms with van der Waals surface area (Å²) >= 11 is 1.76. The lowest BCUT2D eigenvalue weighted by Gasteiger charge is -2.36. The minimum absolute atomic E-state index is 0.00644. The number of halogens is 1. The van der Waals surface area contributed by atoms with Gasteiger partial charge in [-0.25, -0.2) is 9.07 Å². The largest absolute Gasteiger partial charge is 0.310 e. The van der Waals surface area contributed by atoms with Crippen molar-refractivity contribution >= 4 is 23.5 Å². The van der Waals surface area contributed by atoms with E-state index < -0.39 is 0 Å². The van der Waals surface area contributed by atoms with Crippen molar-refractivity contribution in [3.05, 3.63) is 41.3 Å². The normalized spacial score (nSPS) is 19.7. The molecule has 1 aromatic carbocycles. The molecular formula is C18H20FN3OS. The molecule has 1 aliphatic carbocycles. The van der Waals surface area contributed by atoms with Crippen molar-refractivity contribution < 1.29 is 9.18 Å². The minimum atomic E-state index is -0.281. The van der Waals surface area contributed by atoms with Crippen LogP contribution < -0.4 is 5.32 Å². The van der Waals surface area contributed by atoms with Crippen LogP contribution in [-0.4, -0.2) is 21.4 Å². The fourth-order valence-corrected chi connectivity index (χ4v) is 5.36. The van der Waals surface area contributed by atoms with Crippen LogP contribution in [0, 0.1) is 12.7 Å². The molecule has 1 saturated carbocycles. The lowest BCUT2D eigenvalue weighted by Crippen LogP contribution is -2.26. The van der Waals surface area contributed by atoms with Crippen LogP contribution in [0.1, 0.15) is 43.4 Å². The summed E-state index contributed by atoms with van der Waals surface area (Å²) < 4.78 is 15.0. The number of anilines is 1. The predicted octanol–water partition coefficient (Wildman–Crippen LogP) is 4.16. The van der Waals surface area contributed by atoms with Crippen LogP contribution in [-0.2, 0) is 9.54 Å². The van der Waals surface area contributed by atoms with Gasteiger partial charge in [0.2, 0.25) is 5.91 Å². The van der Waals surface area contributed by atoms with Crippen molar-refractivity contribution in [3.63, 3.8) is 0 Å². The van der Waals surface area contributed by atoms with E-state index in [-0.39, 0.29) is 16.5 Å². The van der Waals surface area contributed by atoms with Crippen molar-refractivity contribution in [2.45, 2.75) is 43.8 Å². The zero-order chi connectivity index (χ0) is 16.7. The second-order valence-electron chi connectivity index (χ2n) is 6.59. The molecule has 1 aromatic heterocycles. The second kappa shape index (κ2) is 5.92. The number of nitrogens with one attached hydrogen (secondary N) is 1. The van der Waals surface area contributed by atoms with Gasteiger partial charge in [-0.3, -0.25) is 4.79 Å². The number of amides is 1. The molecule has 1 fully saturated rings. The van der Waals surface area contributed by atoms with Crippen LogP contribution >= 0.6 is 11.8 Å². The van der Waals surface area contributed by atoms with Crippen LogP contribution in [0.3, 0.4) is 0 Å². The molecule has 0 saturated heterocycles. The standard InChI is InChI=1S/C18H20FN3OS/c1-12-16-17(22(21-12)14-7-5-13(19)6-8-14)20-15(23)11-24-18(16)9-3-2-4-10-18/h5-8H,2-4,9-11H2,1H3,(H,20,23). The van der Waals surface area contributed by atoms with Gasteiger partial charge >= 0.3 is 0 Å². The number of benzene rings is 1. The third kappa shape index (κ3) is 2.53. The maximum absolute atomic E-state index is 13.3. The van der Waals surface area contributed by atoms with Crippen LogP contribution in [0.2, 0.25) is 0 Å². The van der Waals surface area contributed by atoms with Gasteiger partial charge in [0.1, 0.15) is 11.6 Å². The Bertz CT molecular complexity index is 778. The van der Waals surface area contributed by atoms with E-state index in [1.54, 1.807) is 28.6 Å². The molecule has 24 heavy (non-hydrogen) atoms. The maximum Gasteiger partial charge on any atom is 0.235 e. The number of aromatic nitrogens is 2. The summed E-state index contributed by atoms with van der Waals surface area (Å²) in [6, 6.07) is 6.23. The smallest absolute Gasteiger partial charge is 0.235 e. The van der Waals surface area contributed by atoms with Gasteiger partial charge in [0.15, 0.2) is 0 Å². The van der Waals surface area contributed by atoms with E-state index in [1.807, 2.05) is 6.92 Å². The molecule has 126 valence electrons. The molecule has 4 nitrogen and oxygen atoms in total. The molecule has 0 radical (unpaired) electrons. The van der Waals surface area contributed by atoms with E-state index in [9.17, 15) is 9.18 Å². The number of hydrogen-bond acceptors (Lipinski definition) is 3. The highest BCUT2D eigenvalue weighted by Gasteiger charge is 2.42. The Labute approximate surface area is 144 Å². The molecule has 2 heterocycles. The number of fused-ring (bicyclic) bond motifs is 2. The number of aryl methyl sites for hydroxylation is 1. The van der Waals surface area contributed by atoms with Gasteiger partial charge in [-0.2, -0.15) is 5.10 Å². The highest BCUT2D eigenvalue weighted by atomic mass is 32.2. The summed E-state index contributed by atoms with van der Waals surface area (Å²) in [6.45, 7) is 2.01. The third-order valence-electron chi connectivity index (χ3n) is 4.99. The Kier molecular flexibility index (Phi) is 3.87. The summed E-state index contributed by atoms with van der Waals surface area (Å²) in [5, 5.41) is 7.73. The van der Waals surface area contributed by atoms with E-state index >= 15 is 0 Å². The molecule has 1 amide bonds. The van der Waals surface area contributed by atoms with Gasteiger partial charge in [0.25, 0.3) is 0 Å². The number of carbonyl (C=O) groups is 1. The Hall–Kier alpha value is -1.82. The van der Waals surface area contributed by atoms with Gasteiger partial charge < -0.3 is 5.32 Å². The number of thioether (sulfide) groups is 1. The van der Waals surface area contributed by atoms with Crippen LogP contribution in [0.25, 0.3) is 5.69 Å². The number of carbonyl (C=O) groups excluding carboxylic acids is 1. The number of rotatable bonds is 1. The SMILES string of the molecule is Cc1nn(-c2ccc(F)cc2)c2c1C1(CCCCC1)SCC(=O)N2. The van der Waals surface area contributed by atoms with Crippen LogP contribution in [0.5, 0.6) is 0 Å². The monoisotopic (exact) mass is 345 g/mol. The summed E-state index contributed by atoms with van der Waals surface area (Å²) in [4.78, 5) is 12.3. The highest BCUT2D eigenvalue weighted by Crippen LogP contribution is 2.53. The second-order valence-corrected chi connectivity index (χ2v) is 7.95. The van der Waals surface area contributed by atoms with Crippen LogP contribution in [0.15, 0.2) is 24.3 Å². The fourth-order valence-electron chi connectivity index (χ4n) is 3.92. The quantitative estimate of drug-likeness (QED) is 0.844. The maximum atomic E-state index is 13.3. The summed E-state index contributed by atoms with van der Waals surface area (Å²) in [5.41, 5.74) is 2.87. The first-order chi connectivity index (χ1) is 11.6. The van der Waals surface area contributed by atoms with E-state index in [1.165, 1.54) is 31.4 Å². The molecule has 1 spiro atoms. The Balaban J connectivity index is 1.89. The lowest BCUT2D eigenvalue weighted by atomic mass is 9.82. The van der Waals surface area contributed by atoms with Gasteiger partial charge in [-0.05, 0) is 44.0 Å².